The van der Waals surface area contributed by atoms with E-state index in [1.807, 2.05) is 111 Å². The van der Waals surface area contributed by atoms with Crippen LogP contribution in [0.25, 0.3) is 0 Å². The van der Waals surface area contributed by atoms with Crippen LogP contribution >= 0.6 is 0 Å². The van der Waals surface area contributed by atoms with Crippen molar-refractivity contribution in [3.05, 3.63) is 130 Å². The fourth-order valence-electron chi connectivity index (χ4n) is 9.85. The van der Waals surface area contributed by atoms with E-state index in [2.05, 4.69) is 46.7 Å². The van der Waals surface area contributed by atoms with Gasteiger partial charge < -0.3 is 20.4 Å². The number of nitrogens with zero attached hydrogens (tertiary/aromatic N) is 4. The Morgan fingerprint density at radius 3 is 1.33 bits per heavy atom. The molecule has 2 N–H and O–H groups in total. The molecule has 298 valence electrons. The molecule has 4 aliphatic rings. The second kappa shape index (κ2) is 15.9. The Labute approximate surface area is 341 Å². The Hall–Kier alpha value is -5.76. The van der Waals surface area contributed by atoms with E-state index in [4.69, 9.17) is 0 Å². The average molecular weight is 777 g/mol. The van der Waals surface area contributed by atoms with E-state index in [9.17, 15) is 19.2 Å². The Balaban J connectivity index is 0.874. The number of fused-ring (bicyclic) bond motifs is 2. The maximum atomic E-state index is 14.3. The molecule has 4 aromatic rings. The lowest BCUT2D eigenvalue weighted by Crippen LogP contribution is -2.56. The highest BCUT2D eigenvalue weighted by atomic mass is 16.2. The van der Waals surface area contributed by atoms with Gasteiger partial charge in [-0.3, -0.25) is 29.0 Å². The smallest absolute Gasteiger partial charge is 0.248 e. The number of rotatable bonds is 8. The van der Waals surface area contributed by atoms with Crippen LogP contribution in [0.3, 0.4) is 0 Å². The van der Waals surface area contributed by atoms with Gasteiger partial charge in [-0.15, -0.1) is 0 Å². The zero-order chi connectivity index (χ0) is 40.6. The molecular formula is C48H52N6O4. The van der Waals surface area contributed by atoms with Crippen molar-refractivity contribution >= 4 is 35.0 Å². The van der Waals surface area contributed by atoms with Crippen LogP contribution in [0.1, 0.15) is 71.9 Å². The third-order valence-electron chi connectivity index (χ3n) is 13.0. The summed E-state index contributed by atoms with van der Waals surface area (Å²) in [7, 11) is 7.82. The topological polar surface area (TPSA) is 105 Å². The maximum Gasteiger partial charge on any atom is 0.248 e. The number of hydrogen-bond acceptors (Lipinski definition) is 6. The summed E-state index contributed by atoms with van der Waals surface area (Å²) in [5.74, 6) is 6.01. The molecule has 0 radical (unpaired) electrons. The summed E-state index contributed by atoms with van der Waals surface area (Å²) < 4.78 is 0. The maximum absolute atomic E-state index is 14.3. The molecule has 2 fully saturated rings. The number of likely N-dealkylation sites (tertiary alicyclic amines) is 2. The number of hydrogen-bond donors (Lipinski definition) is 2. The molecule has 2 unspecified atom stereocenters. The van der Waals surface area contributed by atoms with Gasteiger partial charge in [0.2, 0.25) is 23.6 Å². The molecule has 10 heteroatoms. The zero-order valence-electron chi connectivity index (χ0n) is 33.9. The van der Waals surface area contributed by atoms with Gasteiger partial charge in [-0.25, -0.2) is 0 Å². The van der Waals surface area contributed by atoms with E-state index in [1.165, 1.54) is 11.1 Å². The van der Waals surface area contributed by atoms with Crippen LogP contribution < -0.4 is 10.6 Å². The van der Waals surface area contributed by atoms with Gasteiger partial charge in [-0.1, -0.05) is 60.4 Å². The summed E-state index contributed by atoms with van der Waals surface area (Å²) in [6.07, 6.45) is 5.88. The lowest BCUT2D eigenvalue weighted by atomic mass is 9.88. The van der Waals surface area contributed by atoms with Crippen molar-refractivity contribution in [2.75, 3.05) is 51.9 Å². The van der Waals surface area contributed by atoms with Crippen molar-refractivity contribution in [3.8, 4) is 11.8 Å². The van der Waals surface area contributed by atoms with Crippen molar-refractivity contribution in [2.45, 2.75) is 74.5 Å². The lowest BCUT2D eigenvalue weighted by Gasteiger charge is -2.40. The molecule has 8 rings (SSSR count). The van der Waals surface area contributed by atoms with E-state index in [0.717, 1.165) is 47.9 Å². The first-order valence-electron chi connectivity index (χ1n) is 20.5. The van der Waals surface area contributed by atoms with Crippen molar-refractivity contribution in [2.24, 2.45) is 0 Å². The number of carbonyl (C=O) groups excluding carboxylic acids is 4. The molecule has 4 atom stereocenters. The fourth-order valence-corrected chi connectivity index (χ4v) is 9.85. The average Bonchev–Trinajstić information content (AvgIpc) is 4.06. The number of likely N-dealkylation sites (N-methyl/N-ethyl adjacent to an activating group) is 2. The Kier molecular flexibility index (Phi) is 10.7. The molecule has 10 nitrogen and oxygen atoms in total. The largest absolute Gasteiger partial charge is 0.329 e. The van der Waals surface area contributed by atoms with E-state index < -0.39 is 23.2 Å². The number of carbonyl (C=O) groups is 4. The van der Waals surface area contributed by atoms with Crippen LogP contribution in [0.15, 0.2) is 97.1 Å². The highest BCUT2D eigenvalue weighted by molar-refractivity contribution is 6.00. The van der Waals surface area contributed by atoms with Crippen LogP contribution in [-0.4, -0.2) is 96.6 Å². The Morgan fingerprint density at radius 2 is 0.948 bits per heavy atom. The molecule has 2 heterocycles. The fraction of sp³-hybridized carbons (Fsp3) is 0.375. The summed E-state index contributed by atoms with van der Waals surface area (Å²) in [6, 6.07) is 30.0. The lowest BCUT2D eigenvalue weighted by molar-refractivity contribution is -0.147. The summed E-state index contributed by atoms with van der Waals surface area (Å²) >= 11 is 0. The first-order valence-corrected chi connectivity index (χ1v) is 20.5. The molecule has 2 saturated heterocycles. The molecule has 0 bridgehead atoms. The highest BCUT2D eigenvalue weighted by Gasteiger charge is 2.53. The number of nitrogens with one attached hydrogen (secondary N) is 2. The third kappa shape index (κ3) is 6.86. The molecule has 4 aromatic carbocycles. The number of benzene rings is 4. The molecule has 4 amide bonds. The SMILES string of the molecule is CN(C)C1(C(=O)N2CCC[C@H]2C(=O)Nc2ccc(C#Cc3ccc(NC(=O)[C@@H]4CCCN4C(=O)C4(N(C)C)CCc5ccccc54)cc3)cc2)CCc2ccccc21. The minimum Gasteiger partial charge on any atom is -0.329 e. The van der Waals surface area contributed by atoms with Gasteiger partial charge in [0.15, 0.2) is 0 Å². The van der Waals surface area contributed by atoms with Crippen LogP contribution in [-0.2, 0) is 43.1 Å². The van der Waals surface area contributed by atoms with Crippen molar-refractivity contribution < 1.29 is 19.2 Å². The number of amides is 4. The Bertz CT molecular complexity index is 2130. The molecule has 58 heavy (non-hydrogen) atoms. The molecule has 0 spiro atoms. The Morgan fingerprint density at radius 1 is 0.569 bits per heavy atom. The van der Waals surface area contributed by atoms with E-state index in [0.29, 0.717) is 50.1 Å². The summed E-state index contributed by atoms with van der Waals surface area (Å²) in [5.41, 5.74) is 5.80. The monoisotopic (exact) mass is 776 g/mol. The standard InChI is InChI=1S/C48H52N6O4/c1-51(2)47(29-27-35-11-5-7-13-39(35)47)45(57)53-31-9-15-41(53)43(55)49-37-23-19-33(20-24-37)17-18-34-21-25-38(26-22-34)50-44(56)42-16-10-32-54(42)46(58)48(52(3)4)30-28-36-12-6-8-14-40(36)48/h5-8,11-14,19-26,41-42H,9-10,15-16,27-32H2,1-4H3,(H,49,55)(H,50,56)/t41-,42-,47?,48?/m0/s1. The van der Waals surface area contributed by atoms with Gasteiger partial charge in [-0.2, -0.15) is 0 Å². The second-order valence-corrected chi connectivity index (χ2v) is 16.5. The summed E-state index contributed by atoms with van der Waals surface area (Å²) in [6.45, 7) is 1.12. The van der Waals surface area contributed by atoms with Gasteiger partial charge in [0.25, 0.3) is 0 Å². The quantitative estimate of drug-likeness (QED) is 0.221. The van der Waals surface area contributed by atoms with Crippen LogP contribution in [0.5, 0.6) is 0 Å². The van der Waals surface area contributed by atoms with E-state index in [-0.39, 0.29) is 23.6 Å². The minimum absolute atomic E-state index is 0.00230. The molecular weight excluding hydrogens is 725 g/mol. The highest BCUT2D eigenvalue weighted by Crippen LogP contribution is 2.44. The van der Waals surface area contributed by atoms with Gasteiger partial charge in [0, 0.05) is 35.6 Å². The van der Waals surface area contributed by atoms with Crippen molar-refractivity contribution in [1.82, 2.24) is 19.6 Å². The minimum atomic E-state index is -0.772. The van der Waals surface area contributed by atoms with E-state index >= 15 is 0 Å². The van der Waals surface area contributed by atoms with Gasteiger partial charge in [-0.05, 0) is 150 Å². The van der Waals surface area contributed by atoms with Gasteiger partial charge in [0.05, 0.1) is 0 Å². The molecule has 2 aliphatic heterocycles. The van der Waals surface area contributed by atoms with Crippen molar-refractivity contribution in [3.63, 3.8) is 0 Å². The van der Waals surface area contributed by atoms with Gasteiger partial charge in [0.1, 0.15) is 23.2 Å². The predicted octanol–water partition coefficient (Wildman–Crippen LogP) is 5.75. The van der Waals surface area contributed by atoms with Crippen LogP contribution in [0.2, 0.25) is 0 Å². The van der Waals surface area contributed by atoms with Crippen LogP contribution in [0, 0.1) is 11.8 Å². The number of anilines is 2. The van der Waals surface area contributed by atoms with Gasteiger partial charge >= 0.3 is 0 Å². The van der Waals surface area contributed by atoms with E-state index in [1.54, 1.807) is 9.80 Å². The van der Waals surface area contributed by atoms with Crippen molar-refractivity contribution in [1.29, 1.82) is 0 Å². The predicted molar refractivity (Wildman–Crippen MR) is 226 cm³/mol. The molecule has 2 aliphatic carbocycles. The first-order chi connectivity index (χ1) is 28.0. The summed E-state index contributed by atoms with van der Waals surface area (Å²) in [4.78, 5) is 63.4. The first kappa shape index (κ1) is 39.1. The molecule has 0 saturated carbocycles. The summed E-state index contributed by atoms with van der Waals surface area (Å²) in [5, 5.41) is 6.09. The number of aryl methyl sites for hydroxylation is 2. The third-order valence-corrected chi connectivity index (χ3v) is 13.0. The molecule has 0 aromatic heterocycles. The van der Waals surface area contributed by atoms with Crippen LogP contribution in [0.4, 0.5) is 11.4 Å². The normalized spacial score (nSPS) is 23.3. The second-order valence-electron chi connectivity index (χ2n) is 16.5. The zero-order valence-corrected chi connectivity index (χ0v) is 33.9.